The molecule has 32 heavy (non-hydrogen) atoms. The number of nitrogens with one attached hydrogen (secondary N) is 1. The van der Waals surface area contributed by atoms with Crippen molar-refractivity contribution < 1.29 is 33.0 Å². The summed E-state index contributed by atoms with van der Waals surface area (Å²) < 4.78 is 39.6. The molecule has 2 aromatic carbocycles. The highest BCUT2D eigenvalue weighted by molar-refractivity contribution is 5.93. The van der Waals surface area contributed by atoms with Gasteiger partial charge >= 0.3 is 12.1 Å². The number of carbonyl (C=O) groups excluding carboxylic acids is 1. The second-order valence-corrected chi connectivity index (χ2v) is 7.33. The fourth-order valence-electron chi connectivity index (χ4n) is 3.17. The van der Waals surface area contributed by atoms with Crippen molar-refractivity contribution in [3.05, 3.63) is 76.5 Å². The molecule has 0 fully saturated rings. The van der Waals surface area contributed by atoms with E-state index in [0.29, 0.717) is 5.69 Å². The maximum atomic E-state index is 12.8. The normalized spacial score (nSPS) is 12.4. The zero-order valence-electron chi connectivity index (χ0n) is 17.1. The van der Waals surface area contributed by atoms with Crippen molar-refractivity contribution in [1.29, 1.82) is 0 Å². The van der Waals surface area contributed by atoms with E-state index < -0.39 is 36.1 Å². The third-order valence-corrected chi connectivity index (χ3v) is 4.84. The second-order valence-electron chi connectivity index (χ2n) is 7.33. The minimum atomic E-state index is -4.54. The van der Waals surface area contributed by atoms with Gasteiger partial charge in [0, 0.05) is 6.07 Å². The number of aromatic nitrogens is 2. The Bertz CT molecular complexity index is 1150. The van der Waals surface area contributed by atoms with Crippen LogP contribution < -0.4 is 5.32 Å². The average molecular weight is 447 g/mol. The number of amides is 1. The molecule has 0 spiro atoms. The first kappa shape index (κ1) is 22.9. The smallest absolute Gasteiger partial charge is 0.416 e. The number of carbonyl (C=O) groups is 2. The lowest BCUT2D eigenvalue weighted by Crippen LogP contribution is -2.30. The van der Waals surface area contributed by atoms with Crippen molar-refractivity contribution in [3.8, 4) is 11.6 Å². The van der Waals surface area contributed by atoms with Crippen molar-refractivity contribution in [2.45, 2.75) is 32.5 Å². The molecule has 1 heterocycles. The van der Waals surface area contributed by atoms with E-state index in [-0.39, 0.29) is 17.1 Å². The molecule has 0 radical (unpaired) electrons. The minimum Gasteiger partial charge on any atom is -0.493 e. The molecule has 1 unspecified atom stereocenters. The first-order valence-corrected chi connectivity index (χ1v) is 9.52. The van der Waals surface area contributed by atoms with Crippen molar-refractivity contribution >= 4 is 11.9 Å². The molecule has 3 rings (SSSR count). The molecule has 10 heteroatoms. The highest BCUT2D eigenvalue weighted by Gasteiger charge is 2.30. The number of nitrogens with zero attached hydrogens (tertiary/aromatic N) is 2. The molecule has 0 aliphatic carbocycles. The number of aryl methyl sites for hydroxylation is 2. The number of carboxylic acid groups (broad SMARTS) is 1. The van der Waals surface area contributed by atoms with Gasteiger partial charge in [0.15, 0.2) is 5.69 Å². The number of aliphatic carboxylic acids is 1. The molecule has 0 aliphatic heterocycles. The van der Waals surface area contributed by atoms with E-state index in [1.165, 1.54) is 4.68 Å². The number of hydrogen-bond donors (Lipinski definition) is 3. The highest BCUT2D eigenvalue weighted by atomic mass is 19.4. The number of benzene rings is 2. The molecule has 7 nitrogen and oxygen atoms in total. The van der Waals surface area contributed by atoms with Crippen LogP contribution in [0.15, 0.2) is 48.5 Å². The van der Waals surface area contributed by atoms with Crippen molar-refractivity contribution in [1.82, 2.24) is 15.1 Å². The van der Waals surface area contributed by atoms with Crippen LogP contribution in [0.2, 0.25) is 0 Å². The molecule has 168 valence electrons. The molecule has 3 aromatic rings. The van der Waals surface area contributed by atoms with Crippen LogP contribution in [-0.2, 0) is 11.0 Å². The van der Waals surface area contributed by atoms with Gasteiger partial charge in [-0.3, -0.25) is 9.59 Å². The van der Waals surface area contributed by atoms with E-state index in [1.54, 1.807) is 6.07 Å². The van der Waals surface area contributed by atoms with Gasteiger partial charge in [-0.15, -0.1) is 0 Å². The summed E-state index contributed by atoms with van der Waals surface area (Å²) in [4.78, 5) is 24.0. The van der Waals surface area contributed by atoms with Gasteiger partial charge in [0.1, 0.15) is 0 Å². The molecule has 1 aromatic heterocycles. The molecule has 0 saturated carbocycles. The molecule has 0 bridgehead atoms. The Morgan fingerprint density at radius 2 is 1.75 bits per heavy atom. The zero-order chi connectivity index (χ0) is 23.6. The Morgan fingerprint density at radius 3 is 2.34 bits per heavy atom. The van der Waals surface area contributed by atoms with E-state index in [1.807, 2.05) is 26.0 Å². The van der Waals surface area contributed by atoms with Crippen LogP contribution in [0.25, 0.3) is 5.69 Å². The highest BCUT2D eigenvalue weighted by Crippen LogP contribution is 2.30. The third kappa shape index (κ3) is 5.08. The standard InChI is InChI=1S/C22H20F3N3O4/c1-12-3-4-13(2)18(9-12)28-19(29)10-17(27-28)21(32)26-16(11-20(30)31)14-5-7-15(8-6-14)22(23,24)25/h3-10,16,29H,11H2,1-2H3,(H,26,32)(H,30,31). The van der Waals surface area contributed by atoms with Gasteiger partial charge in [0.05, 0.1) is 23.7 Å². The van der Waals surface area contributed by atoms with Crippen molar-refractivity contribution in [3.63, 3.8) is 0 Å². The van der Waals surface area contributed by atoms with Gasteiger partial charge in [-0.1, -0.05) is 24.3 Å². The summed E-state index contributed by atoms with van der Waals surface area (Å²) in [5.74, 6) is -2.33. The number of aromatic hydroxyl groups is 1. The molecule has 3 N–H and O–H groups in total. The number of rotatable bonds is 6. The van der Waals surface area contributed by atoms with E-state index in [4.69, 9.17) is 0 Å². The lowest BCUT2D eigenvalue weighted by atomic mass is 10.0. The van der Waals surface area contributed by atoms with Gasteiger partial charge < -0.3 is 15.5 Å². The number of alkyl halides is 3. The van der Waals surface area contributed by atoms with E-state index in [0.717, 1.165) is 41.5 Å². The monoisotopic (exact) mass is 447 g/mol. The summed E-state index contributed by atoms with van der Waals surface area (Å²) in [7, 11) is 0. The quantitative estimate of drug-likeness (QED) is 0.526. The number of carboxylic acids is 1. The first-order valence-electron chi connectivity index (χ1n) is 9.52. The Labute approximate surface area is 181 Å². The average Bonchev–Trinajstić information content (AvgIpc) is 3.10. The largest absolute Gasteiger partial charge is 0.493 e. The van der Waals surface area contributed by atoms with Crippen LogP contribution in [0, 0.1) is 13.8 Å². The summed E-state index contributed by atoms with van der Waals surface area (Å²) >= 11 is 0. The van der Waals surface area contributed by atoms with E-state index in [2.05, 4.69) is 10.4 Å². The van der Waals surface area contributed by atoms with Crippen LogP contribution in [0.5, 0.6) is 5.88 Å². The van der Waals surface area contributed by atoms with Crippen LogP contribution in [-0.4, -0.2) is 31.9 Å². The number of hydrogen-bond acceptors (Lipinski definition) is 4. The second kappa shape index (κ2) is 8.74. The maximum Gasteiger partial charge on any atom is 0.416 e. The lowest BCUT2D eigenvalue weighted by molar-refractivity contribution is -0.138. The molecular weight excluding hydrogens is 427 g/mol. The topological polar surface area (TPSA) is 104 Å². The number of halogens is 3. The predicted molar refractivity (Wildman–Crippen MR) is 109 cm³/mol. The van der Waals surface area contributed by atoms with Crippen LogP contribution in [0.1, 0.15) is 45.2 Å². The summed E-state index contributed by atoms with van der Waals surface area (Å²) in [6.45, 7) is 3.67. The van der Waals surface area contributed by atoms with Gasteiger partial charge in [-0.2, -0.15) is 18.3 Å². The van der Waals surface area contributed by atoms with Gasteiger partial charge in [0.2, 0.25) is 5.88 Å². The van der Waals surface area contributed by atoms with Gasteiger partial charge in [-0.25, -0.2) is 4.68 Å². The summed E-state index contributed by atoms with van der Waals surface area (Å²) in [6, 6.07) is 9.38. The van der Waals surface area contributed by atoms with Crippen molar-refractivity contribution in [2.24, 2.45) is 0 Å². The van der Waals surface area contributed by atoms with Gasteiger partial charge in [0.25, 0.3) is 5.91 Å². The molecule has 1 amide bonds. The molecular formula is C22H20F3N3O4. The fourth-order valence-corrected chi connectivity index (χ4v) is 3.17. The lowest BCUT2D eigenvalue weighted by Gasteiger charge is -2.17. The van der Waals surface area contributed by atoms with Crippen molar-refractivity contribution in [2.75, 3.05) is 0 Å². The Hall–Kier alpha value is -3.82. The predicted octanol–water partition coefficient (Wildman–Crippen LogP) is 4.16. The van der Waals surface area contributed by atoms with E-state index >= 15 is 0 Å². The fraction of sp³-hybridized carbons (Fsp3) is 0.227. The molecule has 0 saturated heterocycles. The van der Waals surface area contributed by atoms with E-state index in [9.17, 15) is 33.0 Å². The Morgan fingerprint density at radius 1 is 1.09 bits per heavy atom. The summed E-state index contributed by atoms with van der Waals surface area (Å²) in [5, 5.41) is 26.0. The van der Waals surface area contributed by atoms with Crippen LogP contribution in [0.4, 0.5) is 13.2 Å². The first-order chi connectivity index (χ1) is 15.0. The third-order valence-electron chi connectivity index (χ3n) is 4.84. The summed E-state index contributed by atoms with van der Waals surface area (Å²) in [5.41, 5.74) is 1.40. The summed E-state index contributed by atoms with van der Waals surface area (Å²) in [6.07, 6.45) is -5.09. The molecule has 0 aliphatic rings. The SMILES string of the molecule is Cc1ccc(C)c(-n2nc(C(=O)NC(CC(=O)O)c3ccc(C(F)(F)F)cc3)cc2O)c1. The van der Waals surface area contributed by atoms with Gasteiger partial charge in [-0.05, 0) is 48.7 Å². The minimum absolute atomic E-state index is 0.175. The van der Waals surface area contributed by atoms with Crippen LogP contribution in [0.3, 0.4) is 0 Å². The molecule has 1 atom stereocenters. The zero-order valence-corrected chi connectivity index (χ0v) is 17.1. The van der Waals surface area contributed by atoms with Crippen LogP contribution >= 0.6 is 0 Å². The Kier molecular flexibility index (Phi) is 6.24. The Balaban J connectivity index is 1.87. The maximum absolute atomic E-state index is 12.8.